The van der Waals surface area contributed by atoms with Gasteiger partial charge in [-0.2, -0.15) is 0 Å². The summed E-state index contributed by atoms with van der Waals surface area (Å²) < 4.78 is 0. The number of rotatable bonds is 5. The van der Waals surface area contributed by atoms with Gasteiger partial charge in [0.05, 0.1) is 0 Å². The standard InChI is InChI=1S/C13H19N/c1-3-12-8-4-5-9-13(12)10-6-7-11-14-2/h4-6,8-10,14H,3,7,11H2,1-2H3. The van der Waals surface area contributed by atoms with E-state index in [1.54, 1.807) is 0 Å². The lowest BCUT2D eigenvalue weighted by atomic mass is 10.0. The van der Waals surface area contributed by atoms with E-state index < -0.39 is 0 Å². The number of hydrogen-bond acceptors (Lipinski definition) is 1. The monoisotopic (exact) mass is 189 g/mol. The van der Waals surface area contributed by atoms with Crippen molar-refractivity contribution in [1.29, 1.82) is 0 Å². The topological polar surface area (TPSA) is 12.0 Å². The Kier molecular flexibility index (Phi) is 5.02. The molecular formula is C13H19N. The van der Waals surface area contributed by atoms with Crippen molar-refractivity contribution in [2.45, 2.75) is 19.8 Å². The summed E-state index contributed by atoms with van der Waals surface area (Å²) >= 11 is 0. The average Bonchev–Trinajstić information content (AvgIpc) is 2.25. The van der Waals surface area contributed by atoms with E-state index in [9.17, 15) is 0 Å². The minimum Gasteiger partial charge on any atom is -0.319 e. The van der Waals surface area contributed by atoms with Gasteiger partial charge in [-0.3, -0.25) is 0 Å². The SMILES string of the molecule is CCc1ccccc1C=CCCNC. The number of benzene rings is 1. The zero-order chi connectivity index (χ0) is 10.2. The van der Waals surface area contributed by atoms with E-state index in [0.717, 1.165) is 19.4 Å². The quantitative estimate of drug-likeness (QED) is 0.702. The molecule has 1 aromatic carbocycles. The minimum atomic E-state index is 1.05. The Labute approximate surface area is 86.8 Å². The average molecular weight is 189 g/mol. The third-order valence-corrected chi connectivity index (χ3v) is 2.29. The van der Waals surface area contributed by atoms with E-state index in [-0.39, 0.29) is 0 Å². The van der Waals surface area contributed by atoms with Crippen LogP contribution in [0.2, 0.25) is 0 Å². The molecule has 0 aliphatic rings. The highest BCUT2D eigenvalue weighted by Crippen LogP contribution is 2.11. The number of nitrogens with one attached hydrogen (secondary N) is 1. The van der Waals surface area contributed by atoms with Gasteiger partial charge in [-0.15, -0.1) is 0 Å². The highest BCUT2D eigenvalue weighted by atomic mass is 14.8. The fourth-order valence-electron chi connectivity index (χ4n) is 1.46. The molecule has 0 radical (unpaired) electrons. The van der Waals surface area contributed by atoms with Crippen LogP contribution in [0.1, 0.15) is 24.5 Å². The normalized spacial score (nSPS) is 11.0. The summed E-state index contributed by atoms with van der Waals surface area (Å²) in [6, 6.07) is 8.56. The van der Waals surface area contributed by atoms with E-state index >= 15 is 0 Å². The van der Waals surface area contributed by atoms with Crippen molar-refractivity contribution in [3.63, 3.8) is 0 Å². The van der Waals surface area contributed by atoms with E-state index in [0.29, 0.717) is 0 Å². The molecule has 0 saturated carbocycles. The van der Waals surface area contributed by atoms with Crippen LogP contribution in [0.3, 0.4) is 0 Å². The third-order valence-electron chi connectivity index (χ3n) is 2.29. The van der Waals surface area contributed by atoms with Gasteiger partial charge in [0.15, 0.2) is 0 Å². The first-order valence-electron chi connectivity index (χ1n) is 5.27. The van der Waals surface area contributed by atoms with Gasteiger partial charge in [-0.25, -0.2) is 0 Å². The molecule has 1 N–H and O–H groups in total. The van der Waals surface area contributed by atoms with Crippen molar-refractivity contribution in [2.75, 3.05) is 13.6 Å². The Morgan fingerprint density at radius 3 is 2.79 bits per heavy atom. The van der Waals surface area contributed by atoms with Gasteiger partial charge in [-0.1, -0.05) is 43.3 Å². The van der Waals surface area contributed by atoms with E-state index in [1.165, 1.54) is 11.1 Å². The van der Waals surface area contributed by atoms with Crippen LogP contribution in [-0.2, 0) is 6.42 Å². The van der Waals surface area contributed by atoms with Crippen LogP contribution in [-0.4, -0.2) is 13.6 Å². The number of hydrogen-bond donors (Lipinski definition) is 1. The lowest BCUT2D eigenvalue weighted by Crippen LogP contribution is -2.05. The second-order valence-corrected chi connectivity index (χ2v) is 3.35. The van der Waals surface area contributed by atoms with Crippen LogP contribution < -0.4 is 5.32 Å². The van der Waals surface area contributed by atoms with Crippen molar-refractivity contribution >= 4 is 6.08 Å². The van der Waals surface area contributed by atoms with E-state index in [4.69, 9.17) is 0 Å². The second kappa shape index (κ2) is 6.39. The summed E-state index contributed by atoms with van der Waals surface area (Å²) in [4.78, 5) is 0. The molecule has 0 aromatic heterocycles. The Bertz CT molecular complexity index is 289. The fraction of sp³-hybridized carbons (Fsp3) is 0.385. The zero-order valence-corrected chi connectivity index (χ0v) is 9.09. The molecule has 76 valence electrons. The Balaban J connectivity index is 2.61. The van der Waals surface area contributed by atoms with Crippen LogP contribution in [0.4, 0.5) is 0 Å². The van der Waals surface area contributed by atoms with Gasteiger partial charge in [0.25, 0.3) is 0 Å². The molecule has 1 aromatic rings. The zero-order valence-electron chi connectivity index (χ0n) is 9.09. The maximum atomic E-state index is 3.13. The molecule has 0 amide bonds. The molecule has 0 heterocycles. The molecule has 0 atom stereocenters. The smallest absolute Gasteiger partial charge is 0.00172 e. The van der Waals surface area contributed by atoms with Gasteiger partial charge >= 0.3 is 0 Å². The maximum absolute atomic E-state index is 3.13. The first-order valence-corrected chi connectivity index (χ1v) is 5.27. The molecule has 0 unspecified atom stereocenters. The summed E-state index contributed by atoms with van der Waals surface area (Å²) in [5.74, 6) is 0. The molecule has 0 aliphatic heterocycles. The molecule has 1 nitrogen and oxygen atoms in total. The van der Waals surface area contributed by atoms with Crippen molar-refractivity contribution in [1.82, 2.24) is 5.32 Å². The first-order chi connectivity index (χ1) is 6.88. The molecule has 0 saturated heterocycles. The van der Waals surface area contributed by atoms with Crippen molar-refractivity contribution in [2.24, 2.45) is 0 Å². The second-order valence-electron chi connectivity index (χ2n) is 3.35. The summed E-state index contributed by atoms with van der Waals surface area (Å²) in [5, 5.41) is 3.13. The van der Waals surface area contributed by atoms with Gasteiger partial charge < -0.3 is 5.32 Å². The Morgan fingerprint density at radius 2 is 2.07 bits per heavy atom. The molecule has 1 heteroatoms. The molecule has 0 fully saturated rings. The highest BCUT2D eigenvalue weighted by Gasteiger charge is 1.93. The predicted octanol–water partition coefficient (Wildman–Crippen LogP) is 2.87. The van der Waals surface area contributed by atoms with Crippen molar-refractivity contribution in [3.05, 3.63) is 41.5 Å². The van der Waals surface area contributed by atoms with Crippen LogP contribution in [0, 0.1) is 0 Å². The summed E-state index contributed by atoms with van der Waals surface area (Å²) in [6.45, 7) is 3.24. The fourth-order valence-corrected chi connectivity index (χ4v) is 1.46. The largest absolute Gasteiger partial charge is 0.319 e. The summed E-state index contributed by atoms with van der Waals surface area (Å²) in [6.07, 6.45) is 6.64. The molecule has 0 bridgehead atoms. The Hall–Kier alpha value is -1.08. The molecule has 1 rings (SSSR count). The predicted molar refractivity (Wildman–Crippen MR) is 63.4 cm³/mol. The van der Waals surface area contributed by atoms with Crippen molar-refractivity contribution in [3.8, 4) is 0 Å². The van der Waals surface area contributed by atoms with Crippen molar-refractivity contribution < 1.29 is 0 Å². The van der Waals surface area contributed by atoms with Crippen LogP contribution >= 0.6 is 0 Å². The van der Waals surface area contributed by atoms with Gasteiger partial charge in [0, 0.05) is 0 Å². The number of aryl methyl sites for hydroxylation is 1. The molecule has 14 heavy (non-hydrogen) atoms. The molecule has 0 aliphatic carbocycles. The maximum Gasteiger partial charge on any atom is -0.00172 e. The minimum absolute atomic E-state index is 1.05. The molecular weight excluding hydrogens is 170 g/mol. The van der Waals surface area contributed by atoms with E-state index in [2.05, 4.69) is 48.7 Å². The highest BCUT2D eigenvalue weighted by molar-refractivity contribution is 5.53. The lowest BCUT2D eigenvalue weighted by Gasteiger charge is -2.01. The van der Waals surface area contributed by atoms with Crippen LogP contribution in [0.15, 0.2) is 30.3 Å². The van der Waals surface area contributed by atoms with E-state index in [1.807, 2.05) is 7.05 Å². The lowest BCUT2D eigenvalue weighted by molar-refractivity contribution is 0.809. The van der Waals surface area contributed by atoms with Gasteiger partial charge in [0.1, 0.15) is 0 Å². The summed E-state index contributed by atoms with van der Waals surface area (Å²) in [5.41, 5.74) is 2.78. The Morgan fingerprint density at radius 1 is 1.29 bits per heavy atom. The summed E-state index contributed by atoms with van der Waals surface area (Å²) in [7, 11) is 1.98. The van der Waals surface area contributed by atoms with Gasteiger partial charge in [-0.05, 0) is 37.6 Å². The van der Waals surface area contributed by atoms with Crippen LogP contribution in [0.5, 0.6) is 0 Å². The first kappa shape index (κ1) is 11.0. The molecule has 0 spiro atoms. The van der Waals surface area contributed by atoms with Gasteiger partial charge in [0.2, 0.25) is 0 Å². The van der Waals surface area contributed by atoms with Crippen LogP contribution in [0.25, 0.3) is 6.08 Å². The third kappa shape index (κ3) is 3.35.